The molecular weight excluding hydrogens is 761 g/mol. The van der Waals surface area contributed by atoms with Crippen molar-refractivity contribution in [3.8, 4) is 36.2 Å². The average Bonchev–Trinajstić information content (AvgIpc) is 3.10. The van der Waals surface area contributed by atoms with E-state index in [9.17, 15) is 24.0 Å². The summed E-state index contributed by atoms with van der Waals surface area (Å²) in [6, 6.07) is 4.64. The van der Waals surface area contributed by atoms with E-state index in [1.165, 1.54) is 12.1 Å². The molecule has 2 N–H and O–H groups in total. The molecule has 0 radical (unpaired) electrons. The van der Waals surface area contributed by atoms with Crippen LogP contribution in [0.15, 0.2) is 18.2 Å². The van der Waals surface area contributed by atoms with Crippen molar-refractivity contribution in [1.82, 2.24) is 30.2 Å². The Hall–Kier alpha value is -4.87. The largest absolute Gasteiger partial charge is 0.481 e. The van der Waals surface area contributed by atoms with Gasteiger partial charge in [0.15, 0.2) is 0 Å². The van der Waals surface area contributed by atoms with Crippen molar-refractivity contribution in [3.05, 3.63) is 23.8 Å². The van der Waals surface area contributed by atoms with Crippen LogP contribution in [0.5, 0.6) is 11.5 Å². The first kappa shape index (κ1) is 50.3. The topological polar surface area (TPSA) is 169 Å². The van der Waals surface area contributed by atoms with Crippen molar-refractivity contribution in [2.75, 3.05) is 105 Å². The summed E-state index contributed by atoms with van der Waals surface area (Å²) >= 11 is 0. The molecule has 1 aliphatic heterocycles. The van der Waals surface area contributed by atoms with Crippen LogP contribution in [-0.2, 0) is 33.4 Å². The maximum Gasteiger partial charge on any atom is 0.320 e. The maximum absolute atomic E-state index is 13.3. The van der Waals surface area contributed by atoms with Crippen LogP contribution in [0.2, 0.25) is 0 Å². The molecule has 59 heavy (non-hydrogen) atoms. The van der Waals surface area contributed by atoms with Gasteiger partial charge < -0.3 is 34.3 Å². The zero-order chi connectivity index (χ0) is 44.2. The van der Waals surface area contributed by atoms with Gasteiger partial charge in [0.25, 0.3) is 5.91 Å². The van der Waals surface area contributed by atoms with Crippen molar-refractivity contribution in [2.24, 2.45) is 0 Å². The van der Waals surface area contributed by atoms with Crippen molar-refractivity contribution < 1.29 is 47.7 Å². The number of amides is 2. The number of esters is 3. The van der Waals surface area contributed by atoms with E-state index in [-0.39, 0.29) is 81.9 Å². The van der Waals surface area contributed by atoms with Gasteiger partial charge in [-0.3, -0.25) is 43.6 Å². The van der Waals surface area contributed by atoms with E-state index in [0.717, 1.165) is 0 Å². The molecule has 0 bridgehead atoms. The Morgan fingerprint density at radius 3 is 1.19 bits per heavy atom. The number of carbonyl (C=O) groups is 5. The third-order valence-corrected chi connectivity index (χ3v) is 8.13. The highest BCUT2D eigenvalue weighted by Gasteiger charge is 2.26. The Labute approximate surface area is 350 Å². The summed E-state index contributed by atoms with van der Waals surface area (Å²) in [5.74, 6) is 3.59. The number of nitrogens with one attached hydrogen (secondary N) is 2. The minimum absolute atomic E-state index is 0.000694. The SMILES string of the molecule is C#CCOc1cc(OCC#C)cc(C(=O)NCCNC(=O)CN2CCN(CC(=O)OC(C)(C)C)CCN(CC(=O)OC(C)(C)C)CCN(CC(=O)OC(C)(C)C)CC2)c1. The number of ether oxygens (including phenoxy) is 5. The van der Waals surface area contributed by atoms with Gasteiger partial charge >= 0.3 is 17.9 Å². The van der Waals surface area contributed by atoms with E-state index >= 15 is 0 Å². The summed E-state index contributed by atoms with van der Waals surface area (Å²) in [6.07, 6.45) is 10.6. The van der Waals surface area contributed by atoms with Crippen molar-refractivity contribution >= 4 is 29.7 Å². The molecule has 1 saturated heterocycles. The van der Waals surface area contributed by atoms with Crippen LogP contribution in [0.25, 0.3) is 0 Å². The summed E-state index contributed by atoms with van der Waals surface area (Å²) < 4.78 is 27.8. The number of carbonyl (C=O) groups excluding carboxylic acids is 5. The van der Waals surface area contributed by atoms with Gasteiger partial charge in [-0.15, -0.1) is 12.8 Å². The lowest BCUT2D eigenvalue weighted by atomic mass is 10.2. The average molecular weight is 827 g/mol. The number of rotatable bonds is 16. The van der Waals surface area contributed by atoms with Crippen LogP contribution >= 0.6 is 0 Å². The molecule has 16 nitrogen and oxygen atoms in total. The lowest BCUT2D eigenvalue weighted by molar-refractivity contribution is -0.158. The third-order valence-electron chi connectivity index (χ3n) is 8.13. The Morgan fingerprint density at radius 2 is 0.864 bits per heavy atom. The predicted molar refractivity (Wildman–Crippen MR) is 224 cm³/mol. The van der Waals surface area contributed by atoms with Gasteiger partial charge in [0.2, 0.25) is 5.91 Å². The van der Waals surface area contributed by atoms with Crippen LogP contribution in [0.4, 0.5) is 0 Å². The molecule has 2 rings (SSSR count). The van der Waals surface area contributed by atoms with Gasteiger partial charge in [-0.05, 0) is 74.4 Å². The molecule has 16 heteroatoms. The molecule has 328 valence electrons. The number of hydrogen-bond donors (Lipinski definition) is 2. The van der Waals surface area contributed by atoms with Gasteiger partial charge in [0, 0.05) is 77.1 Å². The van der Waals surface area contributed by atoms with Crippen LogP contribution in [0.3, 0.4) is 0 Å². The minimum Gasteiger partial charge on any atom is -0.481 e. The van der Waals surface area contributed by atoms with Crippen LogP contribution in [0.1, 0.15) is 72.7 Å². The molecule has 1 aromatic carbocycles. The highest BCUT2D eigenvalue weighted by Crippen LogP contribution is 2.23. The Bertz CT molecular complexity index is 1550. The Morgan fingerprint density at radius 1 is 0.542 bits per heavy atom. The molecule has 0 aromatic heterocycles. The third kappa shape index (κ3) is 23.3. The van der Waals surface area contributed by atoms with Gasteiger partial charge in [-0.25, -0.2) is 0 Å². The molecule has 0 spiro atoms. The second-order valence-electron chi connectivity index (χ2n) is 17.1. The van der Waals surface area contributed by atoms with Gasteiger partial charge in [0.05, 0.1) is 26.2 Å². The monoisotopic (exact) mass is 826 g/mol. The van der Waals surface area contributed by atoms with Crippen LogP contribution in [-0.4, -0.2) is 171 Å². The standard InChI is InChI=1S/C43H66N6O10/c1-12-24-55-34-26-33(27-35(28-34)56-25-13-2)40(54)45-15-14-44-36(50)29-46-16-18-47(30-37(51)57-41(3,4)5)20-22-49(32-39(53)59-43(9,10)11)23-21-48(19-17-46)31-38(52)58-42(6,7)8/h1-2,26-28H,14-25,29-32H2,3-11H3,(H,44,50)(H,45,54). The van der Waals surface area contributed by atoms with E-state index in [1.807, 2.05) is 40.4 Å². The van der Waals surface area contributed by atoms with E-state index in [2.05, 4.69) is 22.5 Å². The second kappa shape index (κ2) is 24.3. The molecule has 2 amide bonds. The molecule has 0 atom stereocenters. The highest BCUT2D eigenvalue weighted by molar-refractivity contribution is 5.95. The van der Waals surface area contributed by atoms with Crippen LogP contribution < -0.4 is 20.1 Å². The quantitative estimate of drug-likeness (QED) is 0.107. The first-order valence-corrected chi connectivity index (χ1v) is 19.9. The molecule has 1 heterocycles. The molecule has 0 aliphatic carbocycles. The number of terminal acetylenes is 2. The first-order chi connectivity index (χ1) is 27.5. The highest BCUT2D eigenvalue weighted by atomic mass is 16.6. The molecular formula is C43H66N6O10. The van der Waals surface area contributed by atoms with E-state index < -0.39 is 22.7 Å². The number of benzene rings is 1. The maximum atomic E-state index is 13.3. The van der Waals surface area contributed by atoms with Gasteiger partial charge in [-0.1, -0.05) is 11.8 Å². The van der Waals surface area contributed by atoms with Gasteiger partial charge in [-0.2, -0.15) is 0 Å². The Kier molecular flexibility index (Phi) is 20.7. The molecule has 0 unspecified atom stereocenters. The Balaban J connectivity index is 2.19. The zero-order valence-corrected chi connectivity index (χ0v) is 36.6. The van der Waals surface area contributed by atoms with E-state index in [4.69, 9.17) is 36.5 Å². The van der Waals surface area contributed by atoms with Crippen LogP contribution in [0, 0.1) is 24.7 Å². The lowest BCUT2D eigenvalue weighted by Crippen LogP contribution is -2.50. The van der Waals surface area contributed by atoms with Crippen molar-refractivity contribution in [2.45, 2.75) is 79.1 Å². The van der Waals surface area contributed by atoms with Crippen molar-refractivity contribution in [3.63, 3.8) is 0 Å². The molecule has 1 aromatic rings. The predicted octanol–water partition coefficient (Wildman–Crippen LogP) is 1.80. The van der Waals surface area contributed by atoms with E-state index in [1.54, 1.807) is 47.6 Å². The normalized spacial score (nSPS) is 15.6. The molecule has 1 fully saturated rings. The summed E-state index contributed by atoms with van der Waals surface area (Å²) in [5, 5.41) is 5.65. The summed E-state index contributed by atoms with van der Waals surface area (Å²) in [6.45, 7) is 19.9. The summed E-state index contributed by atoms with van der Waals surface area (Å²) in [7, 11) is 0. The number of nitrogens with zero attached hydrogens (tertiary/aromatic N) is 4. The number of hydrogen-bond acceptors (Lipinski definition) is 14. The first-order valence-electron chi connectivity index (χ1n) is 19.9. The molecule has 0 saturated carbocycles. The second-order valence-corrected chi connectivity index (χ2v) is 17.1. The smallest absolute Gasteiger partial charge is 0.320 e. The lowest BCUT2D eigenvalue weighted by Gasteiger charge is -2.34. The fraction of sp³-hybridized carbons (Fsp3) is 0.651. The van der Waals surface area contributed by atoms with Gasteiger partial charge in [0.1, 0.15) is 41.5 Å². The van der Waals surface area contributed by atoms with Crippen molar-refractivity contribution in [1.29, 1.82) is 0 Å². The summed E-state index contributed by atoms with van der Waals surface area (Å²) in [5.41, 5.74) is -1.74. The summed E-state index contributed by atoms with van der Waals surface area (Å²) in [4.78, 5) is 73.0. The zero-order valence-electron chi connectivity index (χ0n) is 36.6. The molecule has 1 aliphatic rings. The fourth-order valence-corrected chi connectivity index (χ4v) is 5.74. The van der Waals surface area contributed by atoms with E-state index in [0.29, 0.717) is 63.9 Å². The fourth-order valence-electron chi connectivity index (χ4n) is 5.74. The minimum atomic E-state index is -0.673.